The van der Waals surface area contributed by atoms with Crippen LogP contribution in [0.15, 0.2) is 42.6 Å². The van der Waals surface area contributed by atoms with Crippen LogP contribution in [0.3, 0.4) is 0 Å². The predicted molar refractivity (Wildman–Crippen MR) is 71.5 cm³/mol. The van der Waals surface area contributed by atoms with Crippen molar-refractivity contribution in [2.24, 2.45) is 0 Å². The number of carboxylic acids is 1. The van der Waals surface area contributed by atoms with Gasteiger partial charge in [-0.3, -0.25) is 0 Å². The zero-order chi connectivity index (χ0) is 13.7. The van der Waals surface area contributed by atoms with Gasteiger partial charge in [0.2, 0.25) is 0 Å². The molecular formula is C14H14N2O3. The summed E-state index contributed by atoms with van der Waals surface area (Å²) in [5.74, 6) is -0.280. The van der Waals surface area contributed by atoms with Gasteiger partial charge in [0.25, 0.3) is 0 Å². The molecule has 0 saturated heterocycles. The van der Waals surface area contributed by atoms with Crippen LogP contribution in [0.5, 0.6) is 5.75 Å². The highest BCUT2D eigenvalue weighted by atomic mass is 16.5. The van der Waals surface area contributed by atoms with Crippen LogP contribution in [0, 0.1) is 0 Å². The van der Waals surface area contributed by atoms with E-state index in [0.717, 1.165) is 11.3 Å². The maximum absolute atomic E-state index is 11.0. The van der Waals surface area contributed by atoms with Gasteiger partial charge in [-0.1, -0.05) is 12.1 Å². The lowest BCUT2D eigenvalue weighted by molar-refractivity contribution is 0.0691. The van der Waals surface area contributed by atoms with Crippen LogP contribution in [-0.4, -0.2) is 23.2 Å². The van der Waals surface area contributed by atoms with Crippen molar-refractivity contribution in [2.75, 3.05) is 12.4 Å². The highest BCUT2D eigenvalue weighted by Gasteiger charge is 2.10. The average molecular weight is 258 g/mol. The fourth-order valence-corrected chi connectivity index (χ4v) is 1.70. The van der Waals surface area contributed by atoms with E-state index in [9.17, 15) is 4.79 Å². The van der Waals surface area contributed by atoms with E-state index in [4.69, 9.17) is 9.84 Å². The molecule has 0 bridgehead atoms. The largest absolute Gasteiger partial charge is 0.497 e. The molecule has 0 aliphatic heterocycles. The summed E-state index contributed by atoms with van der Waals surface area (Å²) in [6, 6.07) is 11.0. The van der Waals surface area contributed by atoms with Crippen LogP contribution in [-0.2, 0) is 6.54 Å². The quantitative estimate of drug-likeness (QED) is 0.861. The van der Waals surface area contributed by atoms with Gasteiger partial charge in [0.15, 0.2) is 5.69 Å². The highest BCUT2D eigenvalue weighted by molar-refractivity contribution is 5.91. The van der Waals surface area contributed by atoms with Crippen molar-refractivity contribution in [3.8, 4) is 5.75 Å². The number of ether oxygens (including phenoxy) is 1. The molecule has 0 fully saturated rings. The number of nitrogens with zero attached hydrogens (tertiary/aromatic N) is 1. The van der Waals surface area contributed by atoms with E-state index in [1.807, 2.05) is 24.3 Å². The lowest BCUT2D eigenvalue weighted by Crippen LogP contribution is -2.08. The van der Waals surface area contributed by atoms with Gasteiger partial charge in [-0.25, -0.2) is 9.78 Å². The SMILES string of the molecule is COc1cccc(CNc2cccnc2C(=O)O)c1. The first-order chi connectivity index (χ1) is 9.20. The minimum atomic E-state index is -1.05. The van der Waals surface area contributed by atoms with Crippen LogP contribution in [0.4, 0.5) is 5.69 Å². The molecule has 0 radical (unpaired) electrons. The molecule has 1 aromatic carbocycles. The number of carboxylic acid groups (broad SMARTS) is 1. The molecule has 0 aliphatic rings. The van der Waals surface area contributed by atoms with Crippen LogP contribution in [0.1, 0.15) is 16.1 Å². The molecule has 98 valence electrons. The summed E-state index contributed by atoms with van der Waals surface area (Å²) in [7, 11) is 1.61. The zero-order valence-electron chi connectivity index (χ0n) is 10.5. The molecule has 2 aromatic rings. The Bertz CT molecular complexity index is 584. The Kier molecular flexibility index (Phi) is 3.97. The number of aromatic carboxylic acids is 1. The lowest BCUT2D eigenvalue weighted by atomic mass is 10.2. The Morgan fingerprint density at radius 2 is 2.21 bits per heavy atom. The minimum absolute atomic E-state index is 0.0189. The first-order valence-corrected chi connectivity index (χ1v) is 5.76. The van der Waals surface area contributed by atoms with E-state index in [-0.39, 0.29) is 5.69 Å². The molecule has 5 heteroatoms. The minimum Gasteiger partial charge on any atom is -0.497 e. The number of hydrogen-bond donors (Lipinski definition) is 2. The van der Waals surface area contributed by atoms with Crippen molar-refractivity contribution in [2.45, 2.75) is 6.54 Å². The maximum Gasteiger partial charge on any atom is 0.356 e. The summed E-state index contributed by atoms with van der Waals surface area (Å²) in [4.78, 5) is 14.8. The normalized spacial score (nSPS) is 9.95. The third-order valence-electron chi connectivity index (χ3n) is 2.63. The molecule has 5 nitrogen and oxygen atoms in total. The first-order valence-electron chi connectivity index (χ1n) is 5.76. The number of carbonyl (C=O) groups is 1. The lowest BCUT2D eigenvalue weighted by Gasteiger charge is -2.09. The molecule has 19 heavy (non-hydrogen) atoms. The van der Waals surface area contributed by atoms with Gasteiger partial charge in [-0.15, -0.1) is 0 Å². The Morgan fingerprint density at radius 1 is 1.37 bits per heavy atom. The predicted octanol–water partition coefficient (Wildman–Crippen LogP) is 2.40. The van der Waals surface area contributed by atoms with Crippen LogP contribution in [0.25, 0.3) is 0 Å². The van der Waals surface area contributed by atoms with Crippen LogP contribution in [0.2, 0.25) is 0 Å². The fraction of sp³-hybridized carbons (Fsp3) is 0.143. The van der Waals surface area contributed by atoms with E-state index in [1.165, 1.54) is 6.20 Å². The van der Waals surface area contributed by atoms with Crippen LogP contribution >= 0.6 is 0 Å². The smallest absolute Gasteiger partial charge is 0.356 e. The van der Waals surface area contributed by atoms with E-state index < -0.39 is 5.97 Å². The Hall–Kier alpha value is -2.56. The zero-order valence-corrected chi connectivity index (χ0v) is 10.5. The fourth-order valence-electron chi connectivity index (χ4n) is 1.70. The molecule has 0 spiro atoms. The Balaban J connectivity index is 2.12. The number of pyridine rings is 1. The molecule has 0 saturated carbocycles. The summed E-state index contributed by atoms with van der Waals surface area (Å²) in [5, 5.41) is 12.1. The number of methoxy groups -OCH3 is 1. The van der Waals surface area contributed by atoms with Crippen molar-refractivity contribution < 1.29 is 14.6 Å². The van der Waals surface area contributed by atoms with E-state index in [2.05, 4.69) is 10.3 Å². The molecule has 2 N–H and O–H groups in total. The third-order valence-corrected chi connectivity index (χ3v) is 2.63. The van der Waals surface area contributed by atoms with Crippen molar-refractivity contribution in [3.05, 3.63) is 53.9 Å². The van der Waals surface area contributed by atoms with Gasteiger partial charge in [0.05, 0.1) is 12.8 Å². The van der Waals surface area contributed by atoms with E-state index in [0.29, 0.717) is 12.2 Å². The second-order valence-electron chi connectivity index (χ2n) is 3.91. The molecule has 1 aromatic heterocycles. The topological polar surface area (TPSA) is 71.5 Å². The number of hydrogen-bond acceptors (Lipinski definition) is 4. The van der Waals surface area contributed by atoms with Gasteiger partial charge in [0.1, 0.15) is 5.75 Å². The summed E-state index contributed by atoms with van der Waals surface area (Å²) in [6.07, 6.45) is 1.46. The van der Waals surface area contributed by atoms with Gasteiger partial charge in [-0.05, 0) is 29.8 Å². The van der Waals surface area contributed by atoms with Crippen molar-refractivity contribution in [1.82, 2.24) is 4.98 Å². The molecule has 0 aliphatic carbocycles. The standard InChI is InChI=1S/C14H14N2O3/c1-19-11-5-2-4-10(8-11)9-16-12-6-3-7-15-13(12)14(17)18/h2-8,16H,9H2,1H3,(H,17,18). The van der Waals surface area contributed by atoms with Gasteiger partial charge >= 0.3 is 5.97 Å². The molecule has 2 rings (SSSR count). The number of rotatable bonds is 5. The molecular weight excluding hydrogens is 244 g/mol. The number of benzene rings is 1. The second kappa shape index (κ2) is 5.86. The molecule has 0 amide bonds. The Labute approximate surface area is 110 Å². The molecule has 0 atom stereocenters. The van der Waals surface area contributed by atoms with Gasteiger partial charge in [0, 0.05) is 12.7 Å². The number of aromatic nitrogens is 1. The molecule has 0 unspecified atom stereocenters. The highest BCUT2D eigenvalue weighted by Crippen LogP contribution is 2.16. The van der Waals surface area contributed by atoms with Crippen LogP contribution < -0.4 is 10.1 Å². The Morgan fingerprint density at radius 3 is 2.95 bits per heavy atom. The molecule has 1 heterocycles. The summed E-state index contributed by atoms with van der Waals surface area (Å²) < 4.78 is 5.13. The van der Waals surface area contributed by atoms with E-state index in [1.54, 1.807) is 19.2 Å². The monoisotopic (exact) mass is 258 g/mol. The number of anilines is 1. The summed E-state index contributed by atoms with van der Waals surface area (Å²) in [6.45, 7) is 0.503. The van der Waals surface area contributed by atoms with Crippen molar-refractivity contribution in [3.63, 3.8) is 0 Å². The summed E-state index contributed by atoms with van der Waals surface area (Å²) >= 11 is 0. The third kappa shape index (κ3) is 3.22. The summed E-state index contributed by atoms with van der Waals surface area (Å²) in [5.41, 5.74) is 1.52. The average Bonchev–Trinajstić information content (AvgIpc) is 2.45. The first kappa shape index (κ1) is 12.9. The van der Waals surface area contributed by atoms with Crippen molar-refractivity contribution in [1.29, 1.82) is 0 Å². The van der Waals surface area contributed by atoms with Gasteiger partial charge < -0.3 is 15.2 Å². The van der Waals surface area contributed by atoms with Crippen molar-refractivity contribution >= 4 is 11.7 Å². The van der Waals surface area contributed by atoms with E-state index >= 15 is 0 Å². The van der Waals surface area contributed by atoms with Gasteiger partial charge in [-0.2, -0.15) is 0 Å². The number of nitrogens with one attached hydrogen (secondary N) is 1. The second-order valence-corrected chi connectivity index (χ2v) is 3.91. The maximum atomic E-state index is 11.0.